The number of nitrogens with zero attached hydrogens (tertiary/aromatic N) is 1. The van der Waals surface area contributed by atoms with Crippen LogP contribution in [0.2, 0.25) is 0 Å². The summed E-state index contributed by atoms with van der Waals surface area (Å²) in [6.07, 6.45) is 16.9. The molecule has 2 amide bonds. The first kappa shape index (κ1) is 28.1. The van der Waals surface area contributed by atoms with Crippen molar-refractivity contribution < 1.29 is 22.2 Å². The number of unbranched alkanes of at least 4 members (excludes halogenated alkanes) is 13. The van der Waals surface area contributed by atoms with E-state index in [4.69, 9.17) is 4.18 Å². The van der Waals surface area contributed by atoms with Gasteiger partial charge >= 0.3 is 39.9 Å². The molecule has 0 bridgehead atoms. The van der Waals surface area contributed by atoms with Gasteiger partial charge in [0.05, 0.1) is 6.61 Å². The molecule has 1 aliphatic heterocycles. The average Bonchev–Trinajstić information content (AvgIpc) is 2.97. The van der Waals surface area contributed by atoms with Crippen LogP contribution >= 0.6 is 0 Å². The number of imide groups is 1. The van der Waals surface area contributed by atoms with Crippen molar-refractivity contribution in [2.24, 2.45) is 0 Å². The zero-order valence-electron chi connectivity index (χ0n) is 16.9. The number of rotatable bonds is 17. The second kappa shape index (κ2) is 16.8. The molecule has 0 atom stereocenters. The Morgan fingerprint density at radius 1 is 0.714 bits per heavy atom. The number of carbonyl (C=O) groups is 2. The van der Waals surface area contributed by atoms with Gasteiger partial charge in [-0.3, -0.25) is 13.8 Å². The van der Waals surface area contributed by atoms with Crippen LogP contribution in [0.3, 0.4) is 0 Å². The monoisotopic (exact) mass is 427 g/mol. The van der Waals surface area contributed by atoms with Gasteiger partial charge in [0, 0.05) is 12.8 Å². The minimum atomic E-state index is -4.24. The zero-order chi connectivity index (χ0) is 20.0. The van der Waals surface area contributed by atoms with E-state index in [-0.39, 0.29) is 53.3 Å². The van der Waals surface area contributed by atoms with Crippen molar-refractivity contribution in [1.82, 2.24) is 4.31 Å². The minimum absolute atomic E-state index is 0. The van der Waals surface area contributed by atoms with E-state index in [0.29, 0.717) is 6.42 Å². The molecule has 8 heteroatoms. The van der Waals surface area contributed by atoms with E-state index in [1.807, 2.05) is 0 Å². The Morgan fingerprint density at radius 3 is 1.46 bits per heavy atom. The second-order valence-corrected chi connectivity index (χ2v) is 8.88. The average molecular weight is 428 g/mol. The van der Waals surface area contributed by atoms with Gasteiger partial charge in [-0.1, -0.05) is 90.4 Å². The number of amides is 2. The summed E-state index contributed by atoms with van der Waals surface area (Å²) in [6.45, 7) is 2.27. The molecular weight excluding hydrogens is 389 g/mol. The first-order valence-corrected chi connectivity index (χ1v) is 12.1. The molecule has 0 aromatic carbocycles. The van der Waals surface area contributed by atoms with Gasteiger partial charge in [0.25, 0.3) is 0 Å². The third-order valence-corrected chi connectivity index (χ3v) is 6.28. The van der Waals surface area contributed by atoms with Crippen molar-refractivity contribution >= 4 is 51.7 Å². The summed E-state index contributed by atoms with van der Waals surface area (Å²) in [5.74, 6) is -1.39. The second-order valence-electron chi connectivity index (χ2n) is 7.43. The molecule has 28 heavy (non-hydrogen) atoms. The third kappa shape index (κ3) is 11.9. The predicted molar refractivity (Wildman–Crippen MR) is 113 cm³/mol. The fourth-order valence-electron chi connectivity index (χ4n) is 3.32. The zero-order valence-corrected chi connectivity index (χ0v) is 17.7. The van der Waals surface area contributed by atoms with E-state index in [9.17, 15) is 18.0 Å². The van der Waals surface area contributed by atoms with E-state index in [0.717, 1.165) is 19.3 Å². The van der Waals surface area contributed by atoms with Gasteiger partial charge < -0.3 is 0 Å². The molecule has 0 aromatic heterocycles. The molecule has 1 fully saturated rings. The van der Waals surface area contributed by atoms with E-state index in [1.54, 1.807) is 0 Å². The van der Waals surface area contributed by atoms with Crippen molar-refractivity contribution in [3.63, 3.8) is 0 Å². The molecule has 0 spiro atoms. The Bertz CT molecular complexity index is 523. The van der Waals surface area contributed by atoms with Gasteiger partial charge in [-0.05, 0) is 6.42 Å². The summed E-state index contributed by atoms with van der Waals surface area (Å²) in [7, 11) is -4.24. The first-order chi connectivity index (χ1) is 13.0. The summed E-state index contributed by atoms with van der Waals surface area (Å²) >= 11 is 0. The van der Waals surface area contributed by atoms with Crippen molar-refractivity contribution in [3.05, 3.63) is 0 Å². The molecule has 0 saturated carbocycles. The summed E-state index contributed by atoms with van der Waals surface area (Å²) in [4.78, 5) is 22.9. The van der Waals surface area contributed by atoms with Crippen molar-refractivity contribution in [3.8, 4) is 0 Å². The van der Waals surface area contributed by atoms with Crippen LogP contribution in [-0.4, -0.2) is 60.7 Å². The molecule has 6 nitrogen and oxygen atoms in total. The van der Waals surface area contributed by atoms with Crippen LogP contribution < -0.4 is 0 Å². The molecular formula is C20H38NNaO5S. The van der Waals surface area contributed by atoms with E-state index in [1.165, 1.54) is 64.2 Å². The fourth-order valence-corrected chi connectivity index (χ4v) is 4.43. The molecule has 1 aliphatic rings. The van der Waals surface area contributed by atoms with Crippen LogP contribution in [0.25, 0.3) is 0 Å². The SMILES string of the molecule is CCCCCCCCCCCCCCCCOS(=O)(=O)N1C(=O)CCC1=O.[NaH]. The van der Waals surface area contributed by atoms with Gasteiger partial charge in [-0.15, -0.1) is 0 Å². The van der Waals surface area contributed by atoms with Gasteiger partial charge in [-0.2, -0.15) is 12.7 Å². The van der Waals surface area contributed by atoms with Crippen molar-refractivity contribution in [2.75, 3.05) is 6.61 Å². The number of carbonyl (C=O) groups excluding carboxylic acids is 2. The van der Waals surface area contributed by atoms with Gasteiger partial charge in [0.1, 0.15) is 0 Å². The van der Waals surface area contributed by atoms with Crippen LogP contribution in [0.1, 0.15) is 110 Å². The number of hydrogen-bond donors (Lipinski definition) is 0. The Kier molecular flexibility index (Phi) is 16.8. The maximum absolute atomic E-state index is 11.8. The predicted octanol–water partition coefficient (Wildman–Crippen LogP) is 4.23. The standard InChI is InChI=1S/C20H37NO5S.Na.H/c1-2-3-4-5-6-7-8-9-10-11-12-13-14-15-18-26-27(24,25)21-19(22)16-17-20(21)23;;/h2-18H2,1H3;;. The summed E-state index contributed by atoms with van der Waals surface area (Å²) in [6, 6.07) is 0. The van der Waals surface area contributed by atoms with Crippen molar-refractivity contribution in [1.29, 1.82) is 0 Å². The molecule has 1 saturated heterocycles. The van der Waals surface area contributed by atoms with E-state index >= 15 is 0 Å². The summed E-state index contributed by atoms with van der Waals surface area (Å²) in [5.41, 5.74) is 0. The Balaban J connectivity index is 0.00000729. The van der Waals surface area contributed by atoms with E-state index in [2.05, 4.69) is 6.92 Å². The van der Waals surface area contributed by atoms with Gasteiger partial charge in [-0.25, -0.2) is 0 Å². The molecule has 0 N–H and O–H groups in total. The fraction of sp³-hybridized carbons (Fsp3) is 0.900. The summed E-state index contributed by atoms with van der Waals surface area (Å²) in [5, 5.41) is 0. The maximum atomic E-state index is 11.8. The molecule has 1 heterocycles. The van der Waals surface area contributed by atoms with E-state index < -0.39 is 22.1 Å². The van der Waals surface area contributed by atoms with Crippen LogP contribution in [0, 0.1) is 0 Å². The molecule has 0 aliphatic carbocycles. The Labute approximate surface area is 193 Å². The third-order valence-electron chi connectivity index (χ3n) is 4.96. The van der Waals surface area contributed by atoms with Gasteiger partial charge in [0.2, 0.25) is 11.8 Å². The molecule has 1 rings (SSSR count). The molecule has 0 aromatic rings. The molecule has 0 radical (unpaired) electrons. The quantitative estimate of drug-likeness (QED) is 0.197. The van der Waals surface area contributed by atoms with Crippen LogP contribution in [0.4, 0.5) is 0 Å². The summed E-state index contributed by atoms with van der Waals surface area (Å²) < 4.78 is 28.8. The normalized spacial score (nSPS) is 14.5. The topological polar surface area (TPSA) is 80.8 Å². The number of hydrogen-bond acceptors (Lipinski definition) is 5. The van der Waals surface area contributed by atoms with Crippen LogP contribution in [-0.2, 0) is 24.1 Å². The molecule has 0 unspecified atom stereocenters. The Hall–Kier alpha value is 0.0500. The van der Waals surface area contributed by atoms with Crippen LogP contribution in [0.15, 0.2) is 0 Å². The molecule has 160 valence electrons. The van der Waals surface area contributed by atoms with Gasteiger partial charge in [0.15, 0.2) is 0 Å². The van der Waals surface area contributed by atoms with Crippen molar-refractivity contribution in [2.45, 2.75) is 110 Å². The first-order valence-electron chi connectivity index (χ1n) is 10.7. The van der Waals surface area contributed by atoms with Crippen LogP contribution in [0.5, 0.6) is 0 Å². The Morgan fingerprint density at radius 2 is 1.07 bits per heavy atom.